The summed E-state index contributed by atoms with van der Waals surface area (Å²) in [5.41, 5.74) is 3.04. The van der Waals surface area contributed by atoms with Gasteiger partial charge in [0, 0.05) is 23.8 Å². The molecule has 2 heterocycles. The number of fused-ring (bicyclic) bond motifs is 1. The molecule has 130 valence electrons. The molecule has 0 aliphatic carbocycles. The molecule has 1 N–H and O–H groups in total. The molecule has 0 aliphatic heterocycles. The number of carbonyl (C=O) groups is 1. The van der Waals surface area contributed by atoms with Crippen LogP contribution in [0.3, 0.4) is 0 Å². The molecule has 3 aromatic rings. The van der Waals surface area contributed by atoms with Gasteiger partial charge in [0.05, 0.1) is 24.3 Å². The van der Waals surface area contributed by atoms with Gasteiger partial charge in [-0.1, -0.05) is 18.2 Å². The molecular weight excluding hydrogens is 316 g/mol. The minimum Gasteiger partial charge on any atom is -0.496 e. The first kappa shape index (κ1) is 17.0. The fourth-order valence-electron chi connectivity index (χ4n) is 2.83. The largest absolute Gasteiger partial charge is 0.496 e. The van der Waals surface area contributed by atoms with Crippen LogP contribution < -0.4 is 10.1 Å². The number of nitrogens with one attached hydrogen (secondary N) is 1. The van der Waals surface area contributed by atoms with Crippen molar-refractivity contribution >= 4 is 16.9 Å². The Balaban J connectivity index is 1.90. The Morgan fingerprint density at radius 3 is 2.80 bits per heavy atom. The fraction of sp³-hybridized carbons (Fsp3) is 0.316. The highest BCUT2D eigenvalue weighted by atomic mass is 16.5. The number of hydrogen-bond acceptors (Lipinski definition) is 4. The lowest BCUT2D eigenvalue weighted by Crippen LogP contribution is -2.23. The van der Waals surface area contributed by atoms with Crippen molar-refractivity contribution in [3.05, 3.63) is 53.3 Å². The van der Waals surface area contributed by atoms with Gasteiger partial charge >= 0.3 is 0 Å². The SMILES string of the molecule is COc1ccccc1CNC(=O)c1cc(C)nc2c1cnn2C(C)C. The van der Waals surface area contributed by atoms with E-state index in [9.17, 15) is 4.79 Å². The lowest BCUT2D eigenvalue weighted by atomic mass is 10.1. The van der Waals surface area contributed by atoms with E-state index in [0.29, 0.717) is 12.1 Å². The summed E-state index contributed by atoms with van der Waals surface area (Å²) < 4.78 is 7.16. The van der Waals surface area contributed by atoms with Gasteiger partial charge in [-0.25, -0.2) is 9.67 Å². The summed E-state index contributed by atoms with van der Waals surface area (Å²) in [5, 5.41) is 8.10. The van der Waals surface area contributed by atoms with Gasteiger partial charge in [0.15, 0.2) is 5.65 Å². The van der Waals surface area contributed by atoms with Crippen molar-refractivity contribution in [1.29, 1.82) is 0 Å². The van der Waals surface area contributed by atoms with E-state index in [1.807, 2.05) is 49.7 Å². The number of pyridine rings is 1. The molecule has 0 bridgehead atoms. The summed E-state index contributed by atoms with van der Waals surface area (Å²) in [7, 11) is 1.62. The maximum atomic E-state index is 12.7. The molecule has 0 saturated heterocycles. The fourth-order valence-corrected chi connectivity index (χ4v) is 2.83. The summed E-state index contributed by atoms with van der Waals surface area (Å²) in [4.78, 5) is 17.3. The van der Waals surface area contributed by atoms with Crippen LogP contribution in [0.1, 0.15) is 41.5 Å². The van der Waals surface area contributed by atoms with Crippen LogP contribution in [0.4, 0.5) is 0 Å². The Labute approximate surface area is 146 Å². The van der Waals surface area contributed by atoms with Crippen molar-refractivity contribution in [3.63, 3.8) is 0 Å². The van der Waals surface area contributed by atoms with Crippen LogP contribution in [0.2, 0.25) is 0 Å². The highest BCUT2D eigenvalue weighted by Gasteiger charge is 2.17. The number of aromatic nitrogens is 3. The number of benzene rings is 1. The molecule has 6 nitrogen and oxygen atoms in total. The van der Waals surface area contributed by atoms with E-state index in [-0.39, 0.29) is 11.9 Å². The zero-order valence-electron chi connectivity index (χ0n) is 14.9. The number of methoxy groups -OCH3 is 1. The van der Waals surface area contributed by atoms with E-state index in [2.05, 4.69) is 15.4 Å². The summed E-state index contributed by atoms with van der Waals surface area (Å²) in [6, 6.07) is 9.61. The minimum absolute atomic E-state index is 0.148. The molecule has 0 spiro atoms. The van der Waals surface area contributed by atoms with E-state index in [1.165, 1.54) is 0 Å². The molecule has 0 radical (unpaired) electrons. The predicted octanol–water partition coefficient (Wildman–Crippen LogP) is 3.26. The molecule has 2 aromatic heterocycles. The summed E-state index contributed by atoms with van der Waals surface area (Å²) in [5.74, 6) is 0.608. The molecule has 0 unspecified atom stereocenters. The van der Waals surface area contributed by atoms with Crippen LogP contribution >= 0.6 is 0 Å². The van der Waals surface area contributed by atoms with Crippen LogP contribution in [0.15, 0.2) is 36.5 Å². The average molecular weight is 338 g/mol. The highest BCUT2D eigenvalue weighted by molar-refractivity contribution is 6.05. The third-order valence-electron chi connectivity index (χ3n) is 4.06. The third kappa shape index (κ3) is 3.33. The van der Waals surface area contributed by atoms with Gasteiger partial charge in [-0.3, -0.25) is 4.79 Å². The summed E-state index contributed by atoms with van der Waals surface area (Å²) in [6.07, 6.45) is 1.71. The smallest absolute Gasteiger partial charge is 0.252 e. The van der Waals surface area contributed by atoms with E-state index >= 15 is 0 Å². The number of para-hydroxylation sites is 1. The van der Waals surface area contributed by atoms with Gasteiger partial charge in [0.25, 0.3) is 5.91 Å². The molecular formula is C19H22N4O2. The molecule has 0 atom stereocenters. The van der Waals surface area contributed by atoms with E-state index < -0.39 is 0 Å². The van der Waals surface area contributed by atoms with Gasteiger partial charge in [-0.05, 0) is 32.9 Å². The Hall–Kier alpha value is -2.89. The average Bonchev–Trinajstić information content (AvgIpc) is 3.03. The third-order valence-corrected chi connectivity index (χ3v) is 4.06. The standard InChI is InChI=1S/C19H22N4O2/c1-12(2)23-18-16(11-21-23)15(9-13(3)22-18)19(24)20-10-14-7-5-6-8-17(14)25-4/h5-9,11-12H,10H2,1-4H3,(H,20,24). The summed E-state index contributed by atoms with van der Waals surface area (Å²) >= 11 is 0. The van der Waals surface area contributed by atoms with E-state index in [0.717, 1.165) is 28.0 Å². The molecule has 1 aromatic carbocycles. The Kier molecular flexibility index (Phi) is 4.70. The first-order valence-corrected chi connectivity index (χ1v) is 8.26. The molecule has 25 heavy (non-hydrogen) atoms. The van der Waals surface area contributed by atoms with Crippen molar-refractivity contribution in [2.75, 3.05) is 7.11 Å². The van der Waals surface area contributed by atoms with Crippen molar-refractivity contribution < 1.29 is 9.53 Å². The van der Waals surface area contributed by atoms with Crippen LogP contribution in [0.25, 0.3) is 11.0 Å². The Bertz CT molecular complexity index is 915. The van der Waals surface area contributed by atoms with Crippen molar-refractivity contribution in [2.24, 2.45) is 0 Å². The second kappa shape index (κ2) is 6.93. The van der Waals surface area contributed by atoms with E-state index in [1.54, 1.807) is 19.4 Å². The van der Waals surface area contributed by atoms with Gasteiger partial charge in [0.2, 0.25) is 0 Å². The number of rotatable bonds is 5. The second-order valence-corrected chi connectivity index (χ2v) is 6.23. The molecule has 0 aliphatic rings. The molecule has 1 amide bonds. The number of carbonyl (C=O) groups excluding carboxylic acids is 1. The van der Waals surface area contributed by atoms with Gasteiger partial charge in [-0.15, -0.1) is 0 Å². The quantitative estimate of drug-likeness (QED) is 0.775. The summed E-state index contributed by atoms with van der Waals surface area (Å²) in [6.45, 7) is 6.36. The van der Waals surface area contributed by atoms with Gasteiger partial charge < -0.3 is 10.1 Å². The molecule has 0 saturated carbocycles. The minimum atomic E-state index is -0.148. The first-order valence-electron chi connectivity index (χ1n) is 8.26. The Morgan fingerprint density at radius 2 is 2.08 bits per heavy atom. The highest BCUT2D eigenvalue weighted by Crippen LogP contribution is 2.22. The predicted molar refractivity (Wildman–Crippen MR) is 96.8 cm³/mol. The maximum absolute atomic E-state index is 12.7. The van der Waals surface area contributed by atoms with Crippen LogP contribution in [-0.2, 0) is 6.54 Å². The molecule has 0 fully saturated rings. The second-order valence-electron chi connectivity index (χ2n) is 6.23. The van der Waals surface area contributed by atoms with Crippen molar-refractivity contribution in [2.45, 2.75) is 33.4 Å². The normalized spacial score (nSPS) is 11.1. The number of nitrogens with zero attached hydrogens (tertiary/aromatic N) is 3. The maximum Gasteiger partial charge on any atom is 0.252 e. The topological polar surface area (TPSA) is 69.0 Å². The lowest BCUT2D eigenvalue weighted by Gasteiger charge is -2.11. The molecule has 3 rings (SSSR count). The number of ether oxygens (including phenoxy) is 1. The monoisotopic (exact) mass is 338 g/mol. The first-order chi connectivity index (χ1) is 12.0. The van der Waals surface area contributed by atoms with E-state index in [4.69, 9.17) is 4.74 Å². The van der Waals surface area contributed by atoms with Crippen LogP contribution in [-0.4, -0.2) is 27.8 Å². The number of amides is 1. The van der Waals surface area contributed by atoms with Gasteiger partial charge in [0.1, 0.15) is 5.75 Å². The van der Waals surface area contributed by atoms with Crippen molar-refractivity contribution in [1.82, 2.24) is 20.1 Å². The molecule has 6 heteroatoms. The lowest BCUT2D eigenvalue weighted by molar-refractivity contribution is 0.0952. The van der Waals surface area contributed by atoms with Crippen molar-refractivity contribution in [3.8, 4) is 5.75 Å². The number of hydrogen-bond donors (Lipinski definition) is 1. The number of aryl methyl sites for hydroxylation is 1. The Morgan fingerprint density at radius 1 is 1.32 bits per heavy atom. The van der Waals surface area contributed by atoms with Crippen LogP contribution in [0.5, 0.6) is 5.75 Å². The zero-order chi connectivity index (χ0) is 18.0. The zero-order valence-corrected chi connectivity index (χ0v) is 14.9. The van der Waals surface area contributed by atoms with Crippen LogP contribution in [0, 0.1) is 6.92 Å². The van der Waals surface area contributed by atoms with Gasteiger partial charge in [-0.2, -0.15) is 5.10 Å².